The van der Waals surface area contributed by atoms with Crippen LogP contribution in [0.3, 0.4) is 0 Å². The number of aryl methyl sites for hydroxylation is 1. The molecule has 3 aromatic heterocycles. The van der Waals surface area contributed by atoms with Gasteiger partial charge in [-0.3, -0.25) is 14.6 Å². The Morgan fingerprint density at radius 2 is 1.89 bits per heavy atom. The van der Waals surface area contributed by atoms with Crippen LogP contribution in [0.4, 0.5) is 8.78 Å². The number of rotatable bonds is 9. The first-order valence-corrected chi connectivity index (χ1v) is 15.9. The number of benzene rings is 1. The van der Waals surface area contributed by atoms with E-state index in [9.17, 15) is 18.4 Å². The van der Waals surface area contributed by atoms with Gasteiger partial charge in [-0.15, -0.1) is 0 Å². The number of halogens is 2. The van der Waals surface area contributed by atoms with E-state index >= 15 is 0 Å². The Kier molecular flexibility index (Phi) is 7.51. The summed E-state index contributed by atoms with van der Waals surface area (Å²) in [5.41, 5.74) is 8.69. The van der Waals surface area contributed by atoms with E-state index in [2.05, 4.69) is 16.0 Å². The standard InChI is InChI=1S/C33H40F2N8O3/c1-18(37-32(45)33(10-11-33)31(34)35)23-8-7-20-14-25(42(28(20)38-23)16-19-5-6-19)29-39-24-13-21(15-26(46-4)27(24)41(29)3)30(44)43-17-22(36)9-12-40(43)2/h7-8,13-15,18-19,22,31H,5-6,9-12,16-17,36H2,1-4H3,(H,37,45)/t18-,22-/m1/s1. The van der Waals surface area contributed by atoms with E-state index < -0.39 is 23.8 Å². The number of hydrazine groups is 1. The molecule has 3 N–H and O–H groups in total. The number of hydrogen-bond donors (Lipinski definition) is 2. The molecule has 0 bridgehead atoms. The predicted octanol–water partition coefficient (Wildman–Crippen LogP) is 4.25. The van der Waals surface area contributed by atoms with Crippen molar-refractivity contribution < 1.29 is 23.1 Å². The molecule has 7 rings (SSSR count). The molecule has 2 saturated carbocycles. The number of hydrogen-bond acceptors (Lipinski definition) is 7. The molecule has 0 radical (unpaired) electrons. The molecule has 3 aliphatic rings. The Morgan fingerprint density at radius 1 is 1.13 bits per heavy atom. The molecule has 13 heteroatoms. The largest absolute Gasteiger partial charge is 0.494 e. The molecule has 2 amide bonds. The lowest BCUT2D eigenvalue weighted by Gasteiger charge is -2.38. The van der Waals surface area contributed by atoms with Crippen molar-refractivity contribution in [1.82, 2.24) is 34.4 Å². The predicted molar refractivity (Wildman–Crippen MR) is 169 cm³/mol. The van der Waals surface area contributed by atoms with Crippen molar-refractivity contribution >= 4 is 33.9 Å². The van der Waals surface area contributed by atoms with Gasteiger partial charge in [0.05, 0.1) is 36.6 Å². The van der Waals surface area contributed by atoms with Gasteiger partial charge < -0.3 is 24.9 Å². The van der Waals surface area contributed by atoms with Crippen molar-refractivity contribution in [1.29, 1.82) is 0 Å². The van der Waals surface area contributed by atoms with Gasteiger partial charge in [-0.1, -0.05) is 0 Å². The van der Waals surface area contributed by atoms with E-state index in [1.807, 2.05) is 35.8 Å². The molecule has 11 nitrogen and oxygen atoms in total. The molecular weight excluding hydrogens is 594 g/mol. The molecular formula is C33H40F2N8O3. The van der Waals surface area contributed by atoms with Crippen LogP contribution < -0.4 is 15.8 Å². The second kappa shape index (κ2) is 11.3. The average Bonchev–Trinajstić information content (AvgIpc) is 3.96. The topological polar surface area (TPSA) is 124 Å². The molecule has 1 aromatic carbocycles. The lowest BCUT2D eigenvalue weighted by atomic mass is 10.1. The van der Waals surface area contributed by atoms with Crippen molar-refractivity contribution in [2.24, 2.45) is 24.1 Å². The van der Waals surface area contributed by atoms with E-state index in [0.29, 0.717) is 47.4 Å². The van der Waals surface area contributed by atoms with Crippen molar-refractivity contribution in [3.63, 3.8) is 0 Å². The first-order valence-electron chi connectivity index (χ1n) is 15.9. The summed E-state index contributed by atoms with van der Waals surface area (Å²) in [6, 6.07) is 8.78. The molecule has 4 heterocycles. The minimum atomic E-state index is -2.68. The van der Waals surface area contributed by atoms with Crippen LogP contribution in [0.5, 0.6) is 5.75 Å². The van der Waals surface area contributed by atoms with Gasteiger partial charge in [-0.2, -0.15) is 0 Å². The first kappa shape index (κ1) is 30.5. The number of fused-ring (bicyclic) bond motifs is 2. The quantitative estimate of drug-likeness (QED) is 0.282. The molecule has 46 heavy (non-hydrogen) atoms. The molecule has 0 unspecified atom stereocenters. The third-order valence-electron chi connectivity index (χ3n) is 9.86. The number of pyridine rings is 1. The zero-order chi connectivity index (χ0) is 32.5. The number of nitrogens with one attached hydrogen (secondary N) is 1. The van der Waals surface area contributed by atoms with Crippen molar-refractivity contribution in [2.45, 2.75) is 64.1 Å². The number of aromatic nitrogens is 4. The molecule has 0 spiro atoms. The van der Waals surface area contributed by atoms with Crippen LogP contribution in [-0.4, -0.2) is 80.6 Å². The fourth-order valence-electron chi connectivity index (χ4n) is 6.54. The number of imidazole rings is 1. The molecule has 244 valence electrons. The number of carbonyl (C=O) groups is 2. The molecule has 2 atom stereocenters. The van der Waals surface area contributed by atoms with E-state index in [1.54, 1.807) is 31.2 Å². The molecule has 1 aliphatic heterocycles. The number of methoxy groups -OCH3 is 1. The average molecular weight is 635 g/mol. The highest BCUT2D eigenvalue weighted by Gasteiger charge is 2.57. The summed E-state index contributed by atoms with van der Waals surface area (Å²) in [5.74, 6) is 0.973. The highest BCUT2D eigenvalue weighted by atomic mass is 19.3. The number of nitrogens with zero attached hydrogens (tertiary/aromatic N) is 6. The number of ether oxygens (including phenoxy) is 1. The fraction of sp³-hybridized carbons (Fsp3) is 0.515. The molecule has 3 fully saturated rings. The number of nitrogens with two attached hydrogens (primary N) is 1. The van der Waals surface area contributed by atoms with Crippen molar-refractivity contribution in [3.8, 4) is 17.3 Å². The second-order valence-electron chi connectivity index (χ2n) is 13.2. The van der Waals surface area contributed by atoms with Gasteiger partial charge in [-0.25, -0.2) is 23.8 Å². The summed E-state index contributed by atoms with van der Waals surface area (Å²) in [6.45, 7) is 3.66. The minimum absolute atomic E-state index is 0.0820. The van der Waals surface area contributed by atoms with E-state index in [-0.39, 0.29) is 24.8 Å². The highest BCUT2D eigenvalue weighted by molar-refractivity contribution is 6.00. The summed E-state index contributed by atoms with van der Waals surface area (Å²) in [5, 5.41) is 7.26. The smallest absolute Gasteiger partial charge is 0.268 e. The lowest BCUT2D eigenvalue weighted by molar-refractivity contribution is -0.132. The fourth-order valence-corrected chi connectivity index (χ4v) is 6.54. The van der Waals surface area contributed by atoms with Crippen LogP contribution in [0.25, 0.3) is 33.6 Å². The van der Waals surface area contributed by atoms with Gasteiger partial charge in [0.2, 0.25) is 5.91 Å². The second-order valence-corrected chi connectivity index (χ2v) is 13.2. The van der Waals surface area contributed by atoms with Crippen LogP contribution in [0.15, 0.2) is 30.3 Å². The van der Waals surface area contributed by atoms with Crippen molar-refractivity contribution in [2.75, 3.05) is 27.2 Å². The molecule has 1 saturated heterocycles. The van der Waals surface area contributed by atoms with E-state index in [1.165, 1.54) is 0 Å². The van der Waals surface area contributed by atoms with Crippen LogP contribution in [0, 0.1) is 11.3 Å². The van der Waals surface area contributed by atoms with Crippen LogP contribution >= 0.6 is 0 Å². The monoisotopic (exact) mass is 634 g/mol. The Labute approximate surface area is 265 Å². The van der Waals surface area contributed by atoms with Crippen LogP contribution in [-0.2, 0) is 18.4 Å². The lowest BCUT2D eigenvalue weighted by Crippen LogP contribution is -2.55. The third-order valence-corrected chi connectivity index (χ3v) is 9.86. The number of carbonyl (C=O) groups excluding carboxylic acids is 2. The Bertz CT molecular complexity index is 1840. The normalized spacial score (nSPS) is 20.4. The Morgan fingerprint density at radius 3 is 2.57 bits per heavy atom. The number of amides is 2. The summed E-state index contributed by atoms with van der Waals surface area (Å²) < 4.78 is 37.0. The summed E-state index contributed by atoms with van der Waals surface area (Å²) in [4.78, 5) is 36.3. The van der Waals surface area contributed by atoms with Crippen LogP contribution in [0.1, 0.15) is 61.1 Å². The maximum Gasteiger partial charge on any atom is 0.268 e. The summed E-state index contributed by atoms with van der Waals surface area (Å²) >= 11 is 0. The van der Waals surface area contributed by atoms with Gasteiger partial charge >= 0.3 is 0 Å². The van der Waals surface area contributed by atoms with Gasteiger partial charge in [0.1, 0.15) is 22.3 Å². The van der Waals surface area contributed by atoms with E-state index in [0.717, 1.165) is 48.1 Å². The Balaban J connectivity index is 1.27. The maximum absolute atomic E-state index is 13.6. The highest BCUT2D eigenvalue weighted by Crippen LogP contribution is 2.51. The first-order chi connectivity index (χ1) is 22.0. The summed E-state index contributed by atoms with van der Waals surface area (Å²) in [6.07, 6.45) is 0.786. The molecule has 4 aromatic rings. The zero-order valence-electron chi connectivity index (χ0n) is 26.6. The number of alkyl halides is 2. The van der Waals surface area contributed by atoms with Crippen LogP contribution in [0.2, 0.25) is 0 Å². The summed E-state index contributed by atoms with van der Waals surface area (Å²) in [7, 11) is 5.40. The maximum atomic E-state index is 13.6. The minimum Gasteiger partial charge on any atom is -0.494 e. The Hall–Kier alpha value is -4.10. The van der Waals surface area contributed by atoms with Gasteiger partial charge in [0, 0.05) is 44.2 Å². The molecule has 2 aliphatic carbocycles. The van der Waals surface area contributed by atoms with Gasteiger partial charge in [-0.05, 0) is 75.3 Å². The SMILES string of the molecule is COc1cc(C(=O)N2C[C@H](N)CCN2C)cc2nc(-c3cc4ccc([C@@H](C)NC(=O)C5(C(F)F)CC5)nc4n3CC3CC3)n(C)c12. The van der Waals surface area contributed by atoms with Crippen molar-refractivity contribution in [3.05, 3.63) is 41.6 Å². The third kappa shape index (κ3) is 5.19. The van der Waals surface area contributed by atoms with E-state index in [4.69, 9.17) is 20.4 Å². The van der Waals surface area contributed by atoms with Gasteiger partial charge in [0.15, 0.2) is 5.82 Å². The van der Waals surface area contributed by atoms with Gasteiger partial charge in [0.25, 0.3) is 12.3 Å². The zero-order valence-corrected chi connectivity index (χ0v) is 26.6.